The Bertz CT molecular complexity index is 2940. The molecule has 0 fully saturated rings. The van der Waals surface area contributed by atoms with E-state index in [4.69, 9.17) is 19.8 Å². The molecule has 0 spiro atoms. The largest absolute Gasteiger partial charge is 0.494 e. The number of H-pyrrole nitrogens is 2. The molecule has 62 heavy (non-hydrogen) atoms. The van der Waals surface area contributed by atoms with E-state index < -0.39 is 5.97 Å². The molecule has 0 unspecified atom stereocenters. The van der Waals surface area contributed by atoms with Crippen LogP contribution in [0.2, 0.25) is 0 Å². The van der Waals surface area contributed by atoms with Crippen LogP contribution < -0.4 is 4.74 Å². The molecule has 0 saturated carbocycles. The Kier molecular flexibility index (Phi) is 11.5. The lowest BCUT2D eigenvalue weighted by Gasteiger charge is -2.09. The number of fused-ring (bicyclic) bond motifs is 8. The minimum Gasteiger partial charge on any atom is -0.494 e. The van der Waals surface area contributed by atoms with Gasteiger partial charge in [0, 0.05) is 50.7 Å². The summed E-state index contributed by atoms with van der Waals surface area (Å²) in [6.45, 7) is 6.95. The van der Waals surface area contributed by atoms with Gasteiger partial charge in [-0.05, 0) is 117 Å². The number of rotatable bonds is 13. The van der Waals surface area contributed by atoms with E-state index in [0.717, 1.165) is 127 Å². The van der Waals surface area contributed by atoms with Gasteiger partial charge in [-0.3, -0.25) is 4.79 Å². The predicted molar refractivity (Wildman–Crippen MR) is 256 cm³/mol. The van der Waals surface area contributed by atoms with Crippen LogP contribution in [0.4, 0.5) is 0 Å². The highest BCUT2D eigenvalue weighted by Gasteiger charge is 2.19. The second-order valence-corrected chi connectivity index (χ2v) is 16.4. The van der Waals surface area contributed by atoms with E-state index in [0.29, 0.717) is 6.61 Å². The second-order valence-electron chi connectivity index (χ2n) is 16.4. The maximum atomic E-state index is 10.8. The highest BCUT2D eigenvalue weighted by atomic mass is 16.5. The van der Waals surface area contributed by atoms with Gasteiger partial charge < -0.3 is 19.8 Å². The average Bonchev–Trinajstić information content (AvgIpc) is 4.12. The lowest BCUT2D eigenvalue weighted by Crippen LogP contribution is -1.98. The van der Waals surface area contributed by atoms with Crippen molar-refractivity contribution < 1.29 is 14.6 Å². The van der Waals surface area contributed by atoms with Gasteiger partial charge >= 0.3 is 5.97 Å². The molecule has 5 heterocycles. The minimum absolute atomic E-state index is 0.236. The number of aryl methyl sites for hydroxylation is 3. The SMILES string of the molecule is Cc1ccc(-c2c3nc(c(-c4ccc(C)cc4)c4ccc([nH]4)c(-c4ccc(OCCCCCCCC(=O)O)cc4)c4nc(c(-c5ccc(C)cc5)c5ccc2[nH]5)C=C4)C=C3)cc1. The lowest BCUT2D eigenvalue weighted by atomic mass is 10.0. The fourth-order valence-electron chi connectivity index (χ4n) is 8.40. The zero-order valence-electron chi connectivity index (χ0n) is 35.5. The summed E-state index contributed by atoms with van der Waals surface area (Å²) in [5, 5.41) is 8.90. The molecule has 0 saturated heterocycles. The van der Waals surface area contributed by atoms with E-state index in [1.807, 2.05) is 12.1 Å². The van der Waals surface area contributed by atoms with Crippen molar-refractivity contribution in [2.45, 2.75) is 59.3 Å². The molecule has 2 aliphatic heterocycles. The molecule has 7 nitrogen and oxygen atoms in total. The highest BCUT2D eigenvalue weighted by Crippen LogP contribution is 2.39. The summed E-state index contributed by atoms with van der Waals surface area (Å²) < 4.78 is 6.17. The van der Waals surface area contributed by atoms with Crippen LogP contribution in [0.25, 0.3) is 90.9 Å². The van der Waals surface area contributed by atoms with Crippen molar-refractivity contribution in [1.82, 2.24) is 19.9 Å². The summed E-state index contributed by atoms with van der Waals surface area (Å²) >= 11 is 0. The first-order chi connectivity index (χ1) is 30.3. The number of benzene rings is 4. The van der Waals surface area contributed by atoms with Crippen molar-refractivity contribution in [1.29, 1.82) is 0 Å². The van der Waals surface area contributed by atoms with Crippen LogP contribution in [-0.4, -0.2) is 37.6 Å². The van der Waals surface area contributed by atoms with E-state index in [1.54, 1.807) is 0 Å². The molecule has 308 valence electrons. The first kappa shape index (κ1) is 40.2. The molecule has 7 heteroatoms. The Labute approximate surface area is 362 Å². The summed E-state index contributed by atoms with van der Waals surface area (Å²) in [6.07, 6.45) is 13.4. The normalized spacial score (nSPS) is 11.9. The number of nitrogens with one attached hydrogen (secondary N) is 2. The number of carbonyl (C=O) groups is 1. The smallest absolute Gasteiger partial charge is 0.303 e. The zero-order chi connectivity index (χ0) is 42.6. The molecule has 0 aliphatic carbocycles. The number of ether oxygens (including phenoxy) is 1. The van der Waals surface area contributed by atoms with E-state index in [9.17, 15) is 4.79 Å². The number of carboxylic acids is 1. The Morgan fingerprint density at radius 2 is 0.774 bits per heavy atom. The number of hydrogen-bond acceptors (Lipinski definition) is 4. The predicted octanol–water partition coefficient (Wildman–Crippen LogP) is 14.1. The van der Waals surface area contributed by atoms with E-state index in [-0.39, 0.29) is 6.42 Å². The second kappa shape index (κ2) is 17.8. The summed E-state index contributed by atoms with van der Waals surface area (Å²) in [5.41, 5.74) is 19.2. The first-order valence-electron chi connectivity index (χ1n) is 21.6. The fourth-order valence-corrected chi connectivity index (χ4v) is 8.40. The average molecular weight is 815 g/mol. The number of aliphatic carboxylic acids is 1. The van der Waals surface area contributed by atoms with Gasteiger partial charge in [0.2, 0.25) is 0 Å². The molecule has 0 radical (unpaired) electrons. The van der Waals surface area contributed by atoms with Crippen LogP contribution in [0.15, 0.2) is 121 Å². The van der Waals surface area contributed by atoms with Crippen LogP contribution in [0.5, 0.6) is 5.75 Å². The topological polar surface area (TPSA) is 104 Å². The van der Waals surface area contributed by atoms with Crippen LogP contribution >= 0.6 is 0 Å². The van der Waals surface area contributed by atoms with Gasteiger partial charge in [0.1, 0.15) is 5.75 Å². The molecule has 3 aromatic heterocycles. The van der Waals surface area contributed by atoms with E-state index in [2.05, 4.69) is 164 Å². The van der Waals surface area contributed by atoms with Crippen LogP contribution in [-0.2, 0) is 4.79 Å². The van der Waals surface area contributed by atoms with Gasteiger partial charge in [-0.15, -0.1) is 0 Å². The van der Waals surface area contributed by atoms with Gasteiger partial charge in [-0.2, -0.15) is 0 Å². The molecule has 7 aromatic rings. The molecule has 4 aromatic carbocycles. The highest BCUT2D eigenvalue weighted by molar-refractivity contribution is 5.99. The molecular weight excluding hydrogens is 765 g/mol. The monoisotopic (exact) mass is 814 g/mol. The third-order valence-corrected chi connectivity index (χ3v) is 11.7. The van der Waals surface area contributed by atoms with Crippen molar-refractivity contribution in [2.75, 3.05) is 6.61 Å². The molecule has 9 rings (SSSR count). The lowest BCUT2D eigenvalue weighted by molar-refractivity contribution is -0.137. The summed E-state index contributed by atoms with van der Waals surface area (Å²) in [6, 6.07) is 42.9. The van der Waals surface area contributed by atoms with Crippen molar-refractivity contribution in [2.24, 2.45) is 0 Å². The summed E-state index contributed by atoms with van der Waals surface area (Å²) in [5.74, 6) is 0.0823. The van der Waals surface area contributed by atoms with Crippen molar-refractivity contribution in [3.8, 4) is 50.3 Å². The number of unbranched alkanes of at least 4 members (excludes halogenated alkanes) is 4. The van der Waals surface area contributed by atoms with Gasteiger partial charge in [0.05, 0.1) is 29.4 Å². The molecule has 8 bridgehead atoms. The van der Waals surface area contributed by atoms with E-state index >= 15 is 0 Å². The molecule has 2 aliphatic rings. The maximum Gasteiger partial charge on any atom is 0.303 e. The Morgan fingerprint density at radius 1 is 0.452 bits per heavy atom. The van der Waals surface area contributed by atoms with Crippen LogP contribution in [0.1, 0.15) is 78.0 Å². The quantitative estimate of drug-likeness (QED) is 0.101. The summed E-state index contributed by atoms with van der Waals surface area (Å²) in [4.78, 5) is 29.4. The van der Waals surface area contributed by atoms with E-state index in [1.165, 1.54) is 16.7 Å². The molecule has 0 atom stereocenters. The molecule has 0 amide bonds. The Balaban J connectivity index is 1.24. The standard InChI is InChI=1S/C55H50N4O3/c1-35-10-16-38(17-11-35)52-43-26-28-45(56-43)53(39-18-12-36(2)13-19-39)47-30-32-49(58-47)55(41-22-24-42(25-23-41)62-34-8-6-4-5-7-9-51(60)61)50-33-31-48(59-50)54(46-29-27-44(52)57-46)40-20-14-37(3)15-21-40/h10-33,56,59H,4-9,34H2,1-3H3,(H,60,61). The zero-order valence-corrected chi connectivity index (χ0v) is 35.5. The molecule has 3 N–H and O–H groups in total. The fraction of sp³-hybridized carbons (Fsp3) is 0.182. The van der Waals surface area contributed by atoms with Gasteiger partial charge in [0.15, 0.2) is 0 Å². The van der Waals surface area contributed by atoms with Crippen LogP contribution in [0.3, 0.4) is 0 Å². The molecular formula is C55H50N4O3. The number of aromatic amines is 2. The number of aromatic nitrogens is 4. The Hall–Kier alpha value is -7.25. The summed E-state index contributed by atoms with van der Waals surface area (Å²) in [7, 11) is 0. The van der Waals surface area contributed by atoms with Gasteiger partial charge in [-0.25, -0.2) is 9.97 Å². The van der Waals surface area contributed by atoms with Crippen molar-refractivity contribution in [3.05, 3.63) is 161 Å². The van der Waals surface area contributed by atoms with Crippen molar-refractivity contribution in [3.63, 3.8) is 0 Å². The minimum atomic E-state index is -0.727. The third-order valence-electron chi connectivity index (χ3n) is 11.7. The number of nitrogens with zero attached hydrogens (tertiary/aromatic N) is 2. The maximum absolute atomic E-state index is 10.8. The number of hydrogen-bond donors (Lipinski definition) is 3. The van der Waals surface area contributed by atoms with Crippen molar-refractivity contribution >= 4 is 52.3 Å². The van der Waals surface area contributed by atoms with Gasteiger partial charge in [-0.1, -0.05) is 121 Å². The third kappa shape index (κ3) is 8.66. The number of carboxylic acid groups (broad SMARTS) is 1. The van der Waals surface area contributed by atoms with Crippen LogP contribution in [0, 0.1) is 20.8 Å². The van der Waals surface area contributed by atoms with Gasteiger partial charge in [0.25, 0.3) is 0 Å². The first-order valence-corrected chi connectivity index (χ1v) is 21.6. The Morgan fingerprint density at radius 3 is 1.13 bits per heavy atom.